The van der Waals surface area contributed by atoms with Crippen LogP contribution in [0.4, 0.5) is 17.1 Å². The molecule has 4 bridgehead atoms. The maximum Gasteiger partial charge on any atom is 0.252 e. The molecule has 112 heavy (non-hydrogen) atoms. The second-order valence-electron chi connectivity index (χ2n) is 34.6. The summed E-state index contributed by atoms with van der Waals surface area (Å²) in [4.78, 5) is 2.65. The second-order valence-corrected chi connectivity index (χ2v) is 34.6. The highest BCUT2D eigenvalue weighted by atomic mass is 15.2. The zero-order chi connectivity index (χ0) is 77.7. The first kappa shape index (κ1) is 72.1. The average molecular weight is 1450 g/mol. The van der Waals surface area contributed by atoms with Crippen LogP contribution < -0.4 is 21.3 Å². The van der Waals surface area contributed by atoms with Crippen molar-refractivity contribution in [2.75, 3.05) is 4.90 Å². The Kier molecular flexibility index (Phi) is 17.9. The Morgan fingerprint density at radius 1 is 0.277 bits per heavy atom. The number of aryl methyl sites for hydroxylation is 6. The van der Waals surface area contributed by atoms with Gasteiger partial charge < -0.3 is 13.9 Å². The number of para-hydroxylation sites is 1. The molecule has 3 aromatic heterocycles. The van der Waals surface area contributed by atoms with Gasteiger partial charge in [0.2, 0.25) is 0 Å². The van der Waals surface area contributed by atoms with Gasteiger partial charge in [0.1, 0.15) is 0 Å². The van der Waals surface area contributed by atoms with Crippen molar-refractivity contribution in [2.45, 2.75) is 160 Å². The van der Waals surface area contributed by atoms with Crippen LogP contribution in [0.3, 0.4) is 0 Å². The lowest BCUT2D eigenvalue weighted by Crippen LogP contribution is -2.60. The van der Waals surface area contributed by atoms with Gasteiger partial charge in [-0.1, -0.05) is 271 Å². The van der Waals surface area contributed by atoms with Gasteiger partial charge in [-0.3, -0.25) is 0 Å². The standard InChI is InChI=1S/C108H102BN3/c1-61(2)79-51-87(63(5)6)104(88(52-79)64(7)8)77-44-48-96-92(50-77)93-56-81(105-89(65(9)10)53-80(62(3)4)54-90(105)66(11)12)55-91-75-41-39-74(40-42-75)86-38-26-37-85(73-33-20-19-21-34-73)107(86)112-98-60-84(111(96)108(91)93)45-47-95(98)109-94-46-43-78(102-69(15)29-23-30-70(102)16)57-97(94)110(83-36-25-35-76(49-83)101-67(13)27-22-28-68(101)14)99-58-82(59-100(112)106(99)109)103-71(17)31-24-32-72(103)18/h19-66H,1-18H3. The molecular weight excluding hydrogens is 1350 g/mol. The minimum atomic E-state index is -0.196. The highest BCUT2D eigenvalue weighted by Gasteiger charge is 2.43. The molecular formula is C108H102BN3. The number of nitrogens with zero attached hydrogens (tertiary/aromatic N) is 3. The van der Waals surface area contributed by atoms with Crippen LogP contribution in [-0.2, 0) is 0 Å². The lowest BCUT2D eigenvalue weighted by molar-refractivity contribution is 0.807. The number of hydrogen-bond donors (Lipinski definition) is 0. The summed E-state index contributed by atoms with van der Waals surface area (Å²) in [5.74, 6) is 1.97. The second kappa shape index (κ2) is 27.8. The fourth-order valence-corrected chi connectivity index (χ4v) is 19.8. The van der Waals surface area contributed by atoms with Crippen LogP contribution in [0.1, 0.15) is 185 Å². The summed E-state index contributed by atoms with van der Waals surface area (Å²) in [5, 5.41) is 7.20. The van der Waals surface area contributed by atoms with Crippen molar-refractivity contribution in [3.63, 3.8) is 0 Å². The molecule has 0 N–H and O–H groups in total. The molecule has 5 heterocycles. The fourth-order valence-electron chi connectivity index (χ4n) is 19.8. The van der Waals surface area contributed by atoms with E-state index < -0.39 is 0 Å². The summed E-state index contributed by atoms with van der Waals surface area (Å²) in [7, 11) is 0. The number of anilines is 3. The van der Waals surface area contributed by atoms with Gasteiger partial charge in [0.05, 0.1) is 16.6 Å². The molecule has 0 atom stereocenters. The van der Waals surface area contributed by atoms with Crippen LogP contribution >= 0.6 is 0 Å². The molecule has 2 aliphatic rings. The number of rotatable bonds is 13. The zero-order valence-electron chi connectivity index (χ0n) is 68.6. The minimum Gasteiger partial charge on any atom is -0.311 e. The zero-order valence-corrected chi connectivity index (χ0v) is 68.6. The van der Waals surface area contributed by atoms with Gasteiger partial charge in [-0.25, -0.2) is 0 Å². The Morgan fingerprint density at radius 2 is 0.723 bits per heavy atom. The van der Waals surface area contributed by atoms with Crippen molar-refractivity contribution < 1.29 is 0 Å². The molecule has 19 rings (SSSR count). The molecule has 0 unspecified atom stereocenters. The third-order valence-corrected chi connectivity index (χ3v) is 25.3. The van der Waals surface area contributed by atoms with Gasteiger partial charge in [0, 0.05) is 60.9 Å². The third-order valence-electron chi connectivity index (χ3n) is 25.3. The lowest BCUT2D eigenvalue weighted by atomic mass is 9.33. The molecule has 0 spiro atoms. The molecule has 552 valence electrons. The predicted octanol–water partition coefficient (Wildman–Crippen LogP) is 28.8. The highest BCUT2D eigenvalue weighted by molar-refractivity contribution is 7.00. The largest absolute Gasteiger partial charge is 0.311 e. The number of benzene rings is 14. The Bertz CT molecular complexity index is 6520. The van der Waals surface area contributed by atoms with E-state index in [2.05, 4.69) is 393 Å². The first-order valence-corrected chi connectivity index (χ1v) is 41.2. The Morgan fingerprint density at radius 3 is 1.29 bits per heavy atom. The number of hydrogen-bond acceptors (Lipinski definition) is 1. The molecule has 0 saturated carbocycles. The molecule has 3 nitrogen and oxygen atoms in total. The summed E-state index contributed by atoms with van der Waals surface area (Å²) in [6.45, 7) is 42.0. The Balaban J connectivity index is 1.06. The van der Waals surface area contributed by atoms with E-state index in [1.807, 2.05) is 0 Å². The maximum atomic E-state index is 2.74. The van der Waals surface area contributed by atoms with Crippen LogP contribution in [0, 0.1) is 41.5 Å². The topological polar surface area (TPSA) is 12.6 Å². The minimum absolute atomic E-state index is 0.196. The summed E-state index contributed by atoms with van der Waals surface area (Å²) in [6.07, 6.45) is 0. The van der Waals surface area contributed by atoms with Gasteiger partial charge in [-0.05, 0) is 299 Å². The van der Waals surface area contributed by atoms with Crippen molar-refractivity contribution in [3.8, 4) is 72.4 Å². The number of aromatic nitrogens is 2. The average Bonchev–Trinajstić information content (AvgIpc) is 0.848. The molecule has 14 aromatic carbocycles. The Hall–Kier alpha value is -11.5. The molecule has 0 fully saturated rings. The lowest BCUT2D eigenvalue weighted by Gasteiger charge is -2.41. The predicted molar refractivity (Wildman–Crippen MR) is 487 cm³/mol. The summed E-state index contributed by atoms with van der Waals surface area (Å²) >= 11 is 0. The molecule has 2 aliphatic heterocycles. The SMILES string of the molecule is Cc1cccc(C)c1-c1cccc(N2c3cc(-c4c(C)cccc4C)ccc3B3c4c2cc(-c2c(C)cccc2C)cc4-n2c4cc(ccc43)n3c4ccc(-c5c(C(C)C)cc(C(C)C)cc5C(C)C)cc4c4cc(-c5c(C(C)C)cc(C(C)C)cc5C(C)C)cc(c5ccc(cc5)c5cccc(-c6ccccc6)c52)c43)c1. The van der Waals surface area contributed by atoms with Crippen LogP contribution in [0.15, 0.2) is 255 Å². The van der Waals surface area contributed by atoms with E-state index in [0.717, 1.165) is 49.8 Å². The van der Waals surface area contributed by atoms with Crippen molar-refractivity contribution >= 4 is 100 Å². The van der Waals surface area contributed by atoms with Crippen molar-refractivity contribution in [2.24, 2.45) is 0 Å². The first-order chi connectivity index (χ1) is 54.0. The van der Waals surface area contributed by atoms with Crippen molar-refractivity contribution in [3.05, 3.63) is 322 Å². The molecule has 0 radical (unpaired) electrons. The summed E-state index contributed by atoms with van der Waals surface area (Å²) in [6, 6.07) is 101. The van der Waals surface area contributed by atoms with Gasteiger partial charge in [-0.2, -0.15) is 0 Å². The number of fused-ring (bicyclic) bond motifs is 7. The van der Waals surface area contributed by atoms with Crippen LogP contribution in [0.2, 0.25) is 0 Å². The Labute approximate surface area is 663 Å². The van der Waals surface area contributed by atoms with E-state index in [1.54, 1.807) is 0 Å². The normalized spacial score (nSPS) is 12.6. The smallest absolute Gasteiger partial charge is 0.252 e. The first-order valence-electron chi connectivity index (χ1n) is 41.2. The molecule has 0 saturated heterocycles. The van der Waals surface area contributed by atoms with E-state index in [0.29, 0.717) is 23.7 Å². The van der Waals surface area contributed by atoms with Crippen molar-refractivity contribution in [1.82, 2.24) is 8.97 Å². The third kappa shape index (κ3) is 11.7. The van der Waals surface area contributed by atoms with E-state index in [9.17, 15) is 0 Å². The van der Waals surface area contributed by atoms with Crippen LogP contribution in [0.5, 0.6) is 0 Å². The quantitative estimate of drug-likeness (QED) is 0.105. The molecule has 4 heteroatoms. The summed E-state index contributed by atoms with van der Waals surface area (Å²) < 4.78 is 5.42. The molecule has 0 amide bonds. The van der Waals surface area contributed by atoms with Gasteiger partial charge in [-0.15, -0.1) is 0 Å². The maximum absolute atomic E-state index is 2.74. The van der Waals surface area contributed by atoms with E-state index in [1.165, 1.54) is 183 Å². The van der Waals surface area contributed by atoms with Gasteiger partial charge >= 0.3 is 0 Å². The molecule has 17 aromatic rings. The van der Waals surface area contributed by atoms with E-state index in [4.69, 9.17) is 0 Å². The fraction of sp³-hybridized carbons (Fsp3) is 0.222. The van der Waals surface area contributed by atoms with Gasteiger partial charge in [0.15, 0.2) is 0 Å². The molecule has 0 aliphatic carbocycles. The van der Waals surface area contributed by atoms with Crippen LogP contribution in [-0.4, -0.2) is 15.7 Å². The van der Waals surface area contributed by atoms with E-state index >= 15 is 0 Å². The van der Waals surface area contributed by atoms with E-state index in [-0.39, 0.29) is 18.5 Å². The van der Waals surface area contributed by atoms with Crippen LogP contribution in [0.25, 0.3) is 132 Å². The monoisotopic (exact) mass is 1450 g/mol. The van der Waals surface area contributed by atoms with Gasteiger partial charge in [0.25, 0.3) is 6.71 Å². The van der Waals surface area contributed by atoms with Crippen molar-refractivity contribution in [1.29, 1.82) is 0 Å². The summed E-state index contributed by atoms with van der Waals surface area (Å²) in [5.41, 5.74) is 45.2. The highest BCUT2D eigenvalue weighted by Crippen LogP contribution is 2.50.